The van der Waals surface area contributed by atoms with Gasteiger partial charge in [-0.05, 0) is 44.0 Å². The van der Waals surface area contributed by atoms with Crippen LogP contribution in [0.4, 0.5) is 0 Å². The fourth-order valence-electron chi connectivity index (χ4n) is 2.56. The average molecular weight is 327 g/mol. The summed E-state index contributed by atoms with van der Waals surface area (Å²) in [5.74, 6) is 1.32. The fraction of sp³-hybridized carbons (Fsp3) is 0.350. The molecule has 0 saturated heterocycles. The molecule has 0 aromatic heterocycles. The van der Waals surface area contributed by atoms with Crippen LogP contribution in [0.25, 0.3) is 0 Å². The molecule has 1 atom stereocenters. The molecule has 1 amide bonds. The molecule has 0 heterocycles. The van der Waals surface area contributed by atoms with Crippen LogP contribution in [0.2, 0.25) is 0 Å². The Hall–Kier alpha value is -2.49. The zero-order valence-electron chi connectivity index (χ0n) is 14.8. The summed E-state index contributed by atoms with van der Waals surface area (Å²) in [6.07, 6.45) is 0.938. The minimum atomic E-state index is -0.159. The van der Waals surface area contributed by atoms with Crippen molar-refractivity contribution in [3.63, 3.8) is 0 Å². The third kappa shape index (κ3) is 4.75. The highest BCUT2D eigenvalue weighted by Gasteiger charge is 2.14. The van der Waals surface area contributed by atoms with Crippen molar-refractivity contribution in [1.29, 1.82) is 0 Å². The second kappa shape index (κ2) is 8.39. The van der Waals surface area contributed by atoms with E-state index in [0.29, 0.717) is 5.75 Å². The van der Waals surface area contributed by atoms with Crippen LogP contribution in [0.1, 0.15) is 36.6 Å². The first-order valence-electron chi connectivity index (χ1n) is 8.19. The summed E-state index contributed by atoms with van der Waals surface area (Å²) < 4.78 is 11.0. The number of ether oxygens (including phenoxy) is 2. The highest BCUT2D eigenvalue weighted by Crippen LogP contribution is 2.26. The van der Waals surface area contributed by atoms with Gasteiger partial charge in [-0.25, -0.2) is 0 Å². The first-order valence-corrected chi connectivity index (χ1v) is 8.19. The number of nitrogens with one attached hydrogen (secondary N) is 1. The lowest BCUT2D eigenvalue weighted by Gasteiger charge is -2.18. The number of carbonyl (C=O) groups excluding carboxylic acids is 1. The van der Waals surface area contributed by atoms with Gasteiger partial charge >= 0.3 is 0 Å². The lowest BCUT2D eigenvalue weighted by Crippen LogP contribution is -2.31. The van der Waals surface area contributed by atoms with E-state index in [1.807, 2.05) is 56.3 Å². The van der Waals surface area contributed by atoms with Gasteiger partial charge in [0.1, 0.15) is 11.5 Å². The van der Waals surface area contributed by atoms with Crippen molar-refractivity contribution in [2.45, 2.75) is 33.2 Å². The first kappa shape index (κ1) is 17.9. The summed E-state index contributed by atoms with van der Waals surface area (Å²) in [4.78, 5) is 12.2. The quantitative estimate of drug-likeness (QED) is 0.841. The molecule has 0 aliphatic heterocycles. The number of amides is 1. The van der Waals surface area contributed by atoms with E-state index in [0.717, 1.165) is 23.3 Å². The summed E-state index contributed by atoms with van der Waals surface area (Å²) in [6, 6.07) is 13.6. The summed E-state index contributed by atoms with van der Waals surface area (Å²) in [6.45, 7) is 6.03. The smallest absolute Gasteiger partial charge is 0.258 e. The summed E-state index contributed by atoms with van der Waals surface area (Å²) >= 11 is 0. The molecule has 128 valence electrons. The summed E-state index contributed by atoms with van der Waals surface area (Å²) in [5, 5.41) is 2.95. The molecule has 0 bridgehead atoms. The van der Waals surface area contributed by atoms with Crippen molar-refractivity contribution in [1.82, 2.24) is 5.32 Å². The molecule has 0 unspecified atom stereocenters. The van der Waals surface area contributed by atoms with Crippen molar-refractivity contribution >= 4 is 5.91 Å². The van der Waals surface area contributed by atoms with Crippen LogP contribution in [-0.2, 0) is 11.2 Å². The number of hydrogen-bond donors (Lipinski definition) is 1. The first-order chi connectivity index (χ1) is 11.5. The van der Waals surface area contributed by atoms with E-state index in [9.17, 15) is 4.79 Å². The molecule has 0 fully saturated rings. The lowest BCUT2D eigenvalue weighted by molar-refractivity contribution is -0.123. The molecule has 4 nitrogen and oxygen atoms in total. The van der Waals surface area contributed by atoms with Crippen molar-refractivity contribution in [2.24, 2.45) is 0 Å². The lowest BCUT2D eigenvalue weighted by atomic mass is 10.0. The number of carbonyl (C=O) groups is 1. The van der Waals surface area contributed by atoms with Crippen LogP contribution >= 0.6 is 0 Å². The van der Waals surface area contributed by atoms with Gasteiger partial charge < -0.3 is 14.8 Å². The van der Waals surface area contributed by atoms with Gasteiger partial charge in [0.2, 0.25) is 0 Å². The van der Waals surface area contributed by atoms with Gasteiger partial charge in [0.15, 0.2) is 6.61 Å². The normalized spacial score (nSPS) is 11.7. The Labute approximate surface area is 143 Å². The Bertz CT molecular complexity index is 697. The van der Waals surface area contributed by atoms with E-state index < -0.39 is 0 Å². The van der Waals surface area contributed by atoms with Gasteiger partial charge in [-0.2, -0.15) is 0 Å². The zero-order valence-corrected chi connectivity index (χ0v) is 14.8. The molecule has 2 rings (SSSR count). The van der Waals surface area contributed by atoms with E-state index in [1.54, 1.807) is 7.11 Å². The molecule has 2 aromatic rings. The Balaban J connectivity index is 1.95. The molecule has 1 N–H and O–H groups in total. The van der Waals surface area contributed by atoms with Gasteiger partial charge in [0, 0.05) is 5.56 Å². The van der Waals surface area contributed by atoms with Crippen LogP contribution in [0, 0.1) is 6.92 Å². The van der Waals surface area contributed by atoms with Gasteiger partial charge in [-0.3, -0.25) is 4.79 Å². The topological polar surface area (TPSA) is 47.6 Å². The van der Waals surface area contributed by atoms with Crippen molar-refractivity contribution in [2.75, 3.05) is 13.7 Å². The third-order valence-electron chi connectivity index (χ3n) is 3.91. The predicted molar refractivity (Wildman–Crippen MR) is 95.6 cm³/mol. The van der Waals surface area contributed by atoms with Crippen molar-refractivity contribution in [3.8, 4) is 11.5 Å². The molecule has 0 spiro atoms. The number of hydrogen-bond acceptors (Lipinski definition) is 3. The van der Waals surface area contributed by atoms with E-state index in [1.165, 1.54) is 5.56 Å². The Morgan fingerprint density at radius 3 is 2.71 bits per heavy atom. The second-order valence-corrected chi connectivity index (χ2v) is 5.82. The van der Waals surface area contributed by atoms with Crippen LogP contribution < -0.4 is 14.8 Å². The minimum absolute atomic E-state index is 0.00829. The van der Waals surface area contributed by atoms with Gasteiger partial charge in [0.05, 0.1) is 13.2 Å². The number of aryl methyl sites for hydroxylation is 2. The fourth-order valence-corrected chi connectivity index (χ4v) is 2.56. The maximum atomic E-state index is 12.2. The molecular formula is C20H25NO3. The van der Waals surface area contributed by atoms with Crippen LogP contribution in [-0.4, -0.2) is 19.6 Å². The largest absolute Gasteiger partial charge is 0.496 e. The van der Waals surface area contributed by atoms with Crippen molar-refractivity contribution in [3.05, 3.63) is 59.2 Å². The summed E-state index contributed by atoms with van der Waals surface area (Å²) in [7, 11) is 1.63. The molecule has 24 heavy (non-hydrogen) atoms. The van der Waals surface area contributed by atoms with Gasteiger partial charge in [-0.15, -0.1) is 0 Å². The number of rotatable bonds is 7. The van der Waals surface area contributed by atoms with E-state index in [2.05, 4.69) is 12.2 Å². The standard InChI is InChI=1S/C20H25NO3/c1-5-16-7-6-8-17(12-16)24-13-20(22)21-15(3)18-11-14(2)9-10-19(18)23-4/h6-12,15H,5,13H2,1-4H3,(H,21,22)/t15-/m0/s1. The Morgan fingerprint density at radius 1 is 1.21 bits per heavy atom. The number of benzene rings is 2. The molecule has 0 radical (unpaired) electrons. The second-order valence-electron chi connectivity index (χ2n) is 5.82. The SMILES string of the molecule is CCc1cccc(OCC(=O)N[C@@H](C)c2cc(C)ccc2OC)c1. The maximum absolute atomic E-state index is 12.2. The molecule has 2 aromatic carbocycles. The molecule has 0 aliphatic carbocycles. The third-order valence-corrected chi connectivity index (χ3v) is 3.91. The maximum Gasteiger partial charge on any atom is 0.258 e. The van der Waals surface area contributed by atoms with Crippen LogP contribution in [0.15, 0.2) is 42.5 Å². The van der Waals surface area contributed by atoms with Crippen molar-refractivity contribution < 1.29 is 14.3 Å². The number of methoxy groups -OCH3 is 1. The highest BCUT2D eigenvalue weighted by molar-refractivity contribution is 5.78. The van der Waals surface area contributed by atoms with E-state index in [4.69, 9.17) is 9.47 Å². The molecular weight excluding hydrogens is 302 g/mol. The zero-order chi connectivity index (χ0) is 17.5. The summed E-state index contributed by atoms with van der Waals surface area (Å²) in [5.41, 5.74) is 3.27. The highest BCUT2D eigenvalue weighted by atomic mass is 16.5. The predicted octanol–water partition coefficient (Wildman–Crippen LogP) is 3.82. The van der Waals surface area contributed by atoms with Crippen LogP contribution in [0.3, 0.4) is 0 Å². The van der Waals surface area contributed by atoms with Gasteiger partial charge in [-0.1, -0.05) is 36.8 Å². The monoisotopic (exact) mass is 327 g/mol. The molecule has 0 aliphatic rings. The Kier molecular flexibility index (Phi) is 6.24. The van der Waals surface area contributed by atoms with Gasteiger partial charge in [0.25, 0.3) is 5.91 Å². The Morgan fingerprint density at radius 2 is 2.00 bits per heavy atom. The molecule has 4 heteroatoms. The van der Waals surface area contributed by atoms with E-state index >= 15 is 0 Å². The van der Waals surface area contributed by atoms with Crippen LogP contribution in [0.5, 0.6) is 11.5 Å². The minimum Gasteiger partial charge on any atom is -0.496 e. The average Bonchev–Trinajstić information content (AvgIpc) is 2.60. The molecule has 0 saturated carbocycles. The van der Waals surface area contributed by atoms with E-state index in [-0.39, 0.29) is 18.6 Å².